The summed E-state index contributed by atoms with van der Waals surface area (Å²) in [4.78, 5) is 23.1. The molecule has 0 heterocycles. The molecule has 1 unspecified atom stereocenters. The van der Waals surface area contributed by atoms with Gasteiger partial charge in [-0.1, -0.05) is 23.3 Å². The zero-order valence-corrected chi connectivity index (χ0v) is 11.3. The summed E-state index contributed by atoms with van der Waals surface area (Å²) in [6.07, 6.45) is 2.53. The number of carbonyl (C=O) groups excluding carboxylic acids is 1. The highest BCUT2D eigenvalue weighted by Crippen LogP contribution is 2.09. The van der Waals surface area contributed by atoms with Gasteiger partial charge in [-0.15, -0.1) is 6.58 Å². The molecule has 0 aliphatic rings. The predicted octanol–water partition coefficient (Wildman–Crippen LogP) is 2.45. The molecule has 102 valence electrons. The van der Waals surface area contributed by atoms with Gasteiger partial charge >= 0.3 is 5.97 Å². The molecular weight excluding hydrogens is 242 g/mol. The van der Waals surface area contributed by atoms with Crippen molar-refractivity contribution in [2.75, 3.05) is 0 Å². The van der Waals surface area contributed by atoms with Gasteiger partial charge in [-0.2, -0.15) is 0 Å². The van der Waals surface area contributed by atoms with E-state index >= 15 is 0 Å². The number of hydrogen-bond acceptors (Lipinski definition) is 2. The van der Waals surface area contributed by atoms with Crippen LogP contribution in [0.25, 0.3) is 0 Å². The Morgan fingerprint density at radius 2 is 1.89 bits per heavy atom. The lowest BCUT2D eigenvalue weighted by molar-refractivity contribution is -0.139. The number of carboxylic acid groups (broad SMARTS) is 1. The minimum atomic E-state index is -1.03. The lowest BCUT2D eigenvalue weighted by atomic mass is 10.1. The van der Waals surface area contributed by atoms with E-state index in [0.717, 1.165) is 11.1 Å². The second-order valence-electron chi connectivity index (χ2n) is 4.61. The van der Waals surface area contributed by atoms with Crippen molar-refractivity contribution >= 4 is 11.9 Å². The number of carbonyl (C=O) groups is 2. The molecule has 0 bridgehead atoms. The van der Waals surface area contributed by atoms with E-state index in [1.807, 2.05) is 19.9 Å². The SMILES string of the molecule is C=CCCC(NC(=O)c1cc(C)cc(C)c1)C(=O)O. The van der Waals surface area contributed by atoms with Crippen molar-refractivity contribution in [1.82, 2.24) is 5.32 Å². The van der Waals surface area contributed by atoms with Crippen molar-refractivity contribution in [2.45, 2.75) is 32.7 Å². The van der Waals surface area contributed by atoms with Gasteiger partial charge in [-0.3, -0.25) is 4.79 Å². The highest BCUT2D eigenvalue weighted by molar-refractivity contribution is 5.96. The first-order chi connectivity index (χ1) is 8.93. The van der Waals surface area contributed by atoms with Crippen LogP contribution in [0.2, 0.25) is 0 Å². The van der Waals surface area contributed by atoms with E-state index in [2.05, 4.69) is 11.9 Å². The lowest BCUT2D eigenvalue weighted by Gasteiger charge is -2.14. The van der Waals surface area contributed by atoms with E-state index < -0.39 is 12.0 Å². The molecule has 1 aromatic rings. The van der Waals surface area contributed by atoms with E-state index in [1.54, 1.807) is 18.2 Å². The number of amides is 1. The van der Waals surface area contributed by atoms with Gasteiger partial charge in [0.2, 0.25) is 0 Å². The van der Waals surface area contributed by atoms with E-state index in [-0.39, 0.29) is 5.91 Å². The molecule has 1 aromatic carbocycles. The lowest BCUT2D eigenvalue weighted by Crippen LogP contribution is -2.40. The van der Waals surface area contributed by atoms with Gasteiger partial charge in [-0.25, -0.2) is 4.79 Å². The molecule has 1 amide bonds. The number of carboxylic acids is 1. The van der Waals surface area contributed by atoms with Gasteiger partial charge in [0, 0.05) is 5.56 Å². The van der Waals surface area contributed by atoms with Crippen LogP contribution < -0.4 is 5.32 Å². The van der Waals surface area contributed by atoms with E-state index in [1.165, 1.54) is 0 Å². The molecule has 0 radical (unpaired) electrons. The average Bonchev–Trinajstić information content (AvgIpc) is 2.32. The zero-order valence-electron chi connectivity index (χ0n) is 11.3. The van der Waals surface area contributed by atoms with E-state index in [9.17, 15) is 9.59 Å². The normalized spacial score (nSPS) is 11.7. The van der Waals surface area contributed by atoms with Crippen LogP contribution in [0.15, 0.2) is 30.9 Å². The number of aryl methyl sites for hydroxylation is 2. The number of hydrogen-bond donors (Lipinski definition) is 2. The molecule has 0 aliphatic carbocycles. The smallest absolute Gasteiger partial charge is 0.326 e. The number of aliphatic carboxylic acids is 1. The standard InChI is InChI=1S/C15H19NO3/c1-4-5-6-13(15(18)19)16-14(17)12-8-10(2)7-11(3)9-12/h4,7-9,13H,1,5-6H2,2-3H3,(H,16,17)(H,18,19). The third-order valence-corrected chi connectivity index (χ3v) is 2.75. The molecule has 1 atom stereocenters. The molecule has 0 aromatic heterocycles. The minimum Gasteiger partial charge on any atom is -0.480 e. The van der Waals surface area contributed by atoms with Gasteiger partial charge in [0.1, 0.15) is 6.04 Å². The van der Waals surface area contributed by atoms with Gasteiger partial charge < -0.3 is 10.4 Å². The van der Waals surface area contributed by atoms with Gasteiger partial charge in [-0.05, 0) is 38.8 Å². The molecule has 4 heteroatoms. The molecule has 4 nitrogen and oxygen atoms in total. The highest BCUT2D eigenvalue weighted by atomic mass is 16.4. The number of benzene rings is 1. The molecule has 0 spiro atoms. The fraction of sp³-hybridized carbons (Fsp3) is 0.333. The molecule has 1 rings (SSSR count). The third kappa shape index (κ3) is 4.58. The molecule has 0 saturated heterocycles. The Bertz CT molecular complexity index is 474. The maximum atomic E-state index is 12.0. The number of rotatable bonds is 6. The Morgan fingerprint density at radius 3 is 2.37 bits per heavy atom. The zero-order chi connectivity index (χ0) is 14.4. The Balaban J connectivity index is 2.81. The molecule has 0 saturated carbocycles. The fourth-order valence-electron chi connectivity index (χ4n) is 1.89. The summed E-state index contributed by atoms with van der Waals surface area (Å²) in [6.45, 7) is 7.34. The monoisotopic (exact) mass is 261 g/mol. The summed E-state index contributed by atoms with van der Waals surface area (Å²) in [5.41, 5.74) is 2.44. The van der Waals surface area contributed by atoms with Crippen molar-refractivity contribution in [3.05, 3.63) is 47.5 Å². The summed E-state index contributed by atoms with van der Waals surface area (Å²) >= 11 is 0. The molecular formula is C15H19NO3. The van der Waals surface area contributed by atoms with Crippen LogP contribution in [0.1, 0.15) is 34.3 Å². The van der Waals surface area contributed by atoms with Crippen LogP contribution in [-0.4, -0.2) is 23.0 Å². The minimum absolute atomic E-state index is 0.343. The average molecular weight is 261 g/mol. The first kappa shape index (κ1) is 15.0. The Labute approximate surface area is 113 Å². The summed E-state index contributed by atoms with van der Waals surface area (Å²) < 4.78 is 0. The maximum absolute atomic E-state index is 12.0. The van der Waals surface area contributed by atoms with Crippen LogP contribution in [0, 0.1) is 13.8 Å². The van der Waals surface area contributed by atoms with Gasteiger partial charge in [0.25, 0.3) is 5.91 Å². The topological polar surface area (TPSA) is 66.4 Å². The van der Waals surface area contributed by atoms with E-state index in [4.69, 9.17) is 5.11 Å². The van der Waals surface area contributed by atoms with Gasteiger partial charge in [0.05, 0.1) is 0 Å². The van der Waals surface area contributed by atoms with Crippen molar-refractivity contribution in [2.24, 2.45) is 0 Å². The summed E-state index contributed by atoms with van der Waals surface area (Å²) in [7, 11) is 0. The number of nitrogens with one attached hydrogen (secondary N) is 1. The van der Waals surface area contributed by atoms with Crippen molar-refractivity contribution < 1.29 is 14.7 Å². The molecule has 19 heavy (non-hydrogen) atoms. The Hall–Kier alpha value is -2.10. The van der Waals surface area contributed by atoms with Crippen LogP contribution in [0.5, 0.6) is 0 Å². The van der Waals surface area contributed by atoms with Crippen molar-refractivity contribution in [3.8, 4) is 0 Å². The van der Waals surface area contributed by atoms with Gasteiger partial charge in [0.15, 0.2) is 0 Å². The second-order valence-corrected chi connectivity index (χ2v) is 4.61. The van der Waals surface area contributed by atoms with E-state index in [0.29, 0.717) is 18.4 Å². The largest absolute Gasteiger partial charge is 0.480 e. The second kappa shape index (κ2) is 6.73. The van der Waals surface area contributed by atoms with Crippen LogP contribution >= 0.6 is 0 Å². The molecule has 2 N–H and O–H groups in total. The van der Waals surface area contributed by atoms with Crippen molar-refractivity contribution in [3.63, 3.8) is 0 Å². The predicted molar refractivity (Wildman–Crippen MR) is 74.2 cm³/mol. The van der Waals surface area contributed by atoms with Crippen LogP contribution in [0.3, 0.4) is 0 Å². The summed E-state index contributed by atoms with van der Waals surface area (Å²) in [6, 6.07) is 4.57. The summed E-state index contributed by atoms with van der Waals surface area (Å²) in [5, 5.41) is 11.6. The van der Waals surface area contributed by atoms with Crippen LogP contribution in [-0.2, 0) is 4.79 Å². The quantitative estimate of drug-likeness (QED) is 0.773. The fourth-order valence-corrected chi connectivity index (χ4v) is 1.89. The molecule has 0 aliphatic heterocycles. The maximum Gasteiger partial charge on any atom is 0.326 e. The third-order valence-electron chi connectivity index (χ3n) is 2.75. The Morgan fingerprint density at radius 1 is 1.32 bits per heavy atom. The first-order valence-electron chi connectivity index (χ1n) is 6.17. The number of allylic oxidation sites excluding steroid dienone is 1. The molecule has 0 fully saturated rings. The Kier molecular flexibility index (Phi) is 5.30. The van der Waals surface area contributed by atoms with Crippen LogP contribution in [0.4, 0.5) is 0 Å². The first-order valence-corrected chi connectivity index (χ1v) is 6.17. The summed E-state index contributed by atoms with van der Waals surface area (Å²) in [5.74, 6) is -1.39. The van der Waals surface area contributed by atoms with Crippen molar-refractivity contribution in [1.29, 1.82) is 0 Å². The highest BCUT2D eigenvalue weighted by Gasteiger charge is 2.19.